The molecule has 0 heterocycles. The van der Waals surface area contributed by atoms with Crippen LogP contribution in [-0.2, 0) is 4.74 Å². The monoisotopic (exact) mass is 189 g/mol. The Morgan fingerprint density at radius 2 is 1.77 bits per heavy atom. The molecule has 13 heavy (non-hydrogen) atoms. The summed E-state index contributed by atoms with van der Waals surface area (Å²) < 4.78 is 4.92. The first-order valence-electron chi connectivity index (χ1n) is 4.73. The summed E-state index contributed by atoms with van der Waals surface area (Å²) in [4.78, 5) is 0. The second kappa shape index (κ2) is 4.94. The van der Waals surface area contributed by atoms with Crippen molar-refractivity contribution in [3.05, 3.63) is 0 Å². The summed E-state index contributed by atoms with van der Waals surface area (Å²) in [5, 5.41) is 13.1. The van der Waals surface area contributed by atoms with Crippen LogP contribution in [-0.4, -0.2) is 36.5 Å². The van der Waals surface area contributed by atoms with Gasteiger partial charge in [-0.25, -0.2) is 0 Å². The van der Waals surface area contributed by atoms with Crippen LogP contribution >= 0.6 is 0 Å². The molecular weight excluding hydrogens is 166 g/mol. The number of aliphatic hydroxyl groups is 1. The minimum Gasteiger partial charge on any atom is -0.389 e. The van der Waals surface area contributed by atoms with Gasteiger partial charge in [-0.05, 0) is 27.7 Å². The van der Waals surface area contributed by atoms with Gasteiger partial charge in [-0.2, -0.15) is 0 Å². The number of ether oxygens (including phenoxy) is 1. The highest BCUT2D eigenvalue weighted by molar-refractivity contribution is 4.80. The van der Waals surface area contributed by atoms with Crippen molar-refractivity contribution in [1.82, 2.24) is 5.32 Å². The lowest BCUT2D eigenvalue weighted by molar-refractivity contribution is 0.0202. The summed E-state index contributed by atoms with van der Waals surface area (Å²) in [6.07, 6.45) is 0.659. The van der Waals surface area contributed by atoms with Crippen molar-refractivity contribution in [1.29, 1.82) is 0 Å². The predicted molar refractivity (Wildman–Crippen MR) is 54.9 cm³/mol. The largest absolute Gasteiger partial charge is 0.389 e. The quantitative estimate of drug-likeness (QED) is 0.682. The molecule has 0 bridgehead atoms. The molecule has 0 fully saturated rings. The molecule has 0 aliphatic heterocycles. The maximum Gasteiger partial charge on any atom is 0.0765 e. The van der Waals surface area contributed by atoms with Gasteiger partial charge >= 0.3 is 0 Å². The van der Waals surface area contributed by atoms with Crippen LogP contribution in [0, 0.1) is 0 Å². The van der Waals surface area contributed by atoms with E-state index >= 15 is 0 Å². The third-order valence-electron chi connectivity index (χ3n) is 1.84. The lowest BCUT2D eigenvalue weighted by Gasteiger charge is -2.29. The van der Waals surface area contributed by atoms with E-state index in [1.807, 2.05) is 6.92 Å². The lowest BCUT2D eigenvalue weighted by Crippen LogP contribution is -2.46. The van der Waals surface area contributed by atoms with Crippen molar-refractivity contribution in [2.75, 3.05) is 20.3 Å². The molecule has 80 valence electrons. The molecule has 1 unspecified atom stereocenters. The Balaban J connectivity index is 3.75. The van der Waals surface area contributed by atoms with Crippen LogP contribution < -0.4 is 5.32 Å². The number of β-amino-alcohol motifs (C(OH)–C–C–N with tert-alkyl or cyclic N) is 1. The first kappa shape index (κ1) is 12.9. The van der Waals surface area contributed by atoms with E-state index in [0.29, 0.717) is 19.6 Å². The van der Waals surface area contributed by atoms with Crippen LogP contribution in [0.2, 0.25) is 0 Å². The smallest absolute Gasteiger partial charge is 0.0765 e. The average molecular weight is 189 g/mol. The number of methoxy groups -OCH3 is 1. The van der Waals surface area contributed by atoms with Crippen LogP contribution in [0.3, 0.4) is 0 Å². The topological polar surface area (TPSA) is 41.5 Å². The van der Waals surface area contributed by atoms with Crippen molar-refractivity contribution in [3.63, 3.8) is 0 Å². The van der Waals surface area contributed by atoms with Gasteiger partial charge in [0.15, 0.2) is 0 Å². The molecule has 0 aliphatic carbocycles. The van der Waals surface area contributed by atoms with Gasteiger partial charge in [-0.3, -0.25) is 0 Å². The molecule has 0 aromatic carbocycles. The van der Waals surface area contributed by atoms with Gasteiger partial charge in [0.1, 0.15) is 0 Å². The minimum atomic E-state index is -0.677. The number of hydrogen-bond donors (Lipinski definition) is 2. The summed E-state index contributed by atoms with van der Waals surface area (Å²) in [7, 11) is 1.65. The Kier molecular flexibility index (Phi) is 4.89. The first-order valence-corrected chi connectivity index (χ1v) is 4.73. The van der Waals surface area contributed by atoms with Crippen molar-refractivity contribution in [3.8, 4) is 0 Å². The maximum atomic E-state index is 9.87. The van der Waals surface area contributed by atoms with Crippen LogP contribution in [0.4, 0.5) is 0 Å². The van der Waals surface area contributed by atoms with Crippen LogP contribution in [0.5, 0.6) is 0 Å². The molecule has 1 atom stereocenters. The third kappa shape index (κ3) is 8.22. The highest BCUT2D eigenvalue weighted by atomic mass is 16.5. The van der Waals surface area contributed by atoms with E-state index in [4.69, 9.17) is 4.74 Å². The van der Waals surface area contributed by atoms with Gasteiger partial charge in [0.05, 0.1) is 5.60 Å². The number of nitrogens with one attached hydrogen (secondary N) is 1. The van der Waals surface area contributed by atoms with Crippen molar-refractivity contribution < 1.29 is 9.84 Å². The fourth-order valence-corrected chi connectivity index (χ4v) is 0.866. The Morgan fingerprint density at radius 1 is 1.23 bits per heavy atom. The van der Waals surface area contributed by atoms with E-state index in [1.54, 1.807) is 7.11 Å². The van der Waals surface area contributed by atoms with Gasteiger partial charge in [0, 0.05) is 32.2 Å². The summed E-state index contributed by atoms with van der Waals surface area (Å²) in [6, 6.07) is 0. The Bertz CT molecular complexity index is 138. The molecule has 2 N–H and O–H groups in total. The van der Waals surface area contributed by atoms with E-state index in [-0.39, 0.29) is 5.54 Å². The van der Waals surface area contributed by atoms with Gasteiger partial charge < -0.3 is 15.2 Å². The van der Waals surface area contributed by atoms with Crippen LogP contribution in [0.15, 0.2) is 0 Å². The maximum absolute atomic E-state index is 9.87. The van der Waals surface area contributed by atoms with Crippen LogP contribution in [0.1, 0.15) is 34.1 Å². The molecule has 0 amide bonds. The Labute approximate surface area is 81.5 Å². The number of rotatable bonds is 5. The average Bonchev–Trinajstić information content (AvgIpc) is 1.97. The molecule has 0 saturated heterocycles. The molecule has 0 aromatic heterocycles. The van der Waals surface area contributed by atoms with E-state index in [2.05, 4.69) is 26.1 Å². The molecule has 0 aliphatic rings. The first-order chi connectivity index (χ1) is 5.77. The molecule has 0 spiro atoms. The van der Waals surface area contributed by atoms with Crippen molar-refractivity contribution in [2.45, 2.75) is 45.3 Å². The summed E-state index contributed by atoms with van der Waals surface area (Å²) in [5.41, 5.74) is -0.625. The second-order valence-electron chi connectivity index (χ2n) is 4.84. The van der Waals surface area contributed by atoms with Gasteiger partial charge in [0.25, 0.3) is 0 Å². The molecular formula is C10H23NO2. The zero-order valence-electron chi connectivity index (χ0n) is 9.48. The predicted octanol–water partition coefficient (Wildman–Crippen LogP) is 1.16. The molecule has 0 saturated carbocycles. The molecule has 3 nitrogen and oxygen atoms in total. The van der Waals surface area contributed by atoms with E-state index < -0.39 is 5.60 Å². The fourth-order valence-electron chi connectivity index (χ4n) is 0.866. The summed E-state index contributed by atoms with van der Waals surface area (Å²) in [5.74, 6) is 0. The van der Waals surface area contributed by atoms with Crippen LogP contribution in [0.25, 0.3) is 0 Å². The highest BCUT2D eigenvalue weighted by Gasteiger charge is 2.22. The zero-order chi connectivity index (χ0) is 10.5. The molecule has 0 aromatic rings. The van der Waals surface area contributed by atoms with Gasteiger partial charge in [-0.15, -0.1) is 0 Å². The number of hydrogen-bond acceptors (Lipinski definition) is 3. The van der Waals surface area contributed by atoms with E-state index in [1.165, 1.54) is 0 Å². The molecule has 3 heteroatoms. The fraction of sp³-hybridized carbons (Fsp3) is 1.00. The van der Waals surface area contributed by atoms with Gasteiger partial charge in [-0.1, -0.05) is 0 Å². The molecule has 0 radical (unpaired) electrons. The lowest BCUT2D eigenvalue weighted by atomic mass is 10.0. The Hall–Kier alpha value is -0.120. The summed E-state index contributed by atoms with van der Waals surface area (Å²) >= 11 is 0. The SMILES string of the molecule is COCCC(C)(O)CNC(C)(C)C. The second-order valence-corrected chi connectivity index (χ2v) is 4.84. The van der Waals surface area contributed by atoms with E-state index in [0.717, 1.165) is 0 Å². The van der Waals surface area contributed by atoms with Crippen molar-refractivity contribution >= 4 is 0 Å². The normalized spacial score (nSPS) is 17.1. The van der Waals surface area contributed by atoms with Crippen molar-refractivity contribution in [2.24, 2.45) is 0 Å². The highest BCUT2D eigenvalue weighted by Crippen LogP contribution is 2.10. The molecule has 0 rings (SSSR count). The Morgan fingerprint density at radius 3 is 2.15 bits per heavy atom. The zero-order valence-corrected chi connectivity index (χ0v) is 9.48. The summed E-state index contributed by atoms with van der Waals surface area (Å²) in [6.45, 7) is 9.27. The minimum absolute atomic E-state index is 0.0526. The standard InChI is InChI=1S/C10H23NO2/c1-9(2,3)11-8-10(4,12)6-7-13-5/h11-12H,6-8H2,1-5H3. The van der Waals surface area contributed by atoms with E-state index in [9.17, 15) is 5.11 Å². The van der Waals surface area contributed by atoms with Gasteiger partial charge in [0.2, 0.25) is 0 Å². The third-order valence-corrected chi connectivity index (χ3v) is 1.84.